The number of amides is 1. The molecule has 0 aliphatic rings. The Morgan fingerprint density at radius 2 is 2.00 bits per heavy atom. The Labute approximate surface area is 109 Å². The zero-order chi connectivity index (χ0) is 14.4. The molecule has 0 heterocycles. The van der Waals surface area contributed by atoms with Crippen LogP contribution in [0.1, 0.15) is 5.56 Å². The van der Waals surface area contributed by atoms with Gasteiger partial charge in [0.25, 0.3) is 0 Å². The predicted molar refractivity (Wildman–Crippen MR) is 64.5 cm³/mol. The fourth-order valence-electron chi connectivity index (χ4n) is 1.51. The third kappa shape index (κ3) is 4.50. The average Bonchev–Trinajstić information content (AvgIpc) is 2.33. The first-order valence-electron chi connectivity index (χ1n) is 5.48. The zero-order valence-electron chi connectivity index (χ0n) is 10.1. The SMILES string of the molecule is C=CCN(CC(=O)O)C(=O)Cc1ccc(F)c(F)c1. The van der Waals surface area contributed by atoms with Crippen molar-refractivity contribution in [2.24, 2.45) is 0 Å². The number of aliphatic carboxylic acids is 1. The first-order chi connectivity index (χ1) is 8.93. The maximum Gasteiger partial charge on any atom is 0.323 e. The fourth-order valence-corrected chi connectivity index (χ4v) is 1.51. The number of carboxylic acid groups (broad SMARTS) is 1. The monoisotopic (exact) mass is 269 g/mol. The third-order valence-corrected chi connectivity index (χ3v) is 2.37. The highest BCUT2D eigenvalue weighted by Crippen LogP contribution is 2.10. The maximum atomic E-state index is 13.0. The first-order valence-corrected chi connectivity index (χ1v) is 5.48. The standard InChI is InChI=1S/C13H13F2NO3/c1-2-5-16(8-13(18)19)12(17)7-9-3-4-10(14)11(15)6-9/h2-4,6H,1,5,7-8H2,(H,18,19). The number of hydrogen-bond acceptors (Lipinski definition) is 2. The molecule has 102 valence electrons. The lowest BCUT2D eigenvalue weighted by Gasteiger charge is -2.18. The quantitative estimate of drug-likeness (QED) is 0.798. The molecule has 0 saturated carbocycles. The normalized spacial score (nSPS) is 10.0. The van der Waals surface area contributed by atoms with Crippen LogP contribution in [-0.2, 0) is 16.0 Å². The van der Waals surface area contributed by atoms with Crippen LogP contribution in [0, 0.1) is 11.6 Å². The van der Waals surface area contributed by atoms with Crippen molar-refractivity contribution in [2.75, 3.05) is 13.1 Å². The van der Waals surface area contributed by atoms with Crippen molar-refractivity contribution in [2.45, 2.75) is 6.42 Å². The Balaban J connectivity index is 2.77. The summed E-state index contributed by atoms with van der Waals surface area (Å²) in [7, 11) is 0. The lowest BCUT2D eigenvalue weighted by Crippen LogP contribution is -2.36. The average molecular weight is 269 g/mol. The summed E-state index contributed by atoms with van der Waals surface area (Å²) in [6.07, 6.45) is 1.20. The van der Waals surface area contributed by atoms with Crippen molar-refractivity contribution in [3.05, 3.63) is 48.1 Å². The van der Waals surface area contributed by atoms with Crippen LogP contribution in [-0.4, -0.2) is 35.0 Å². The van der Waals surface area contributed by atoms with Gasteiger partial charge >= 0.3 is 5.97 Å². The smallest absolute Gasteiger partial charge is 0.323 e. The highest BCUT2D eigenvalue weighted by Gasteiger charge is 2.16. The van der Waals surface area contributed by atoms with E-state index < -0.39 is 30.1 Å². The summed E-state index contributed by atoms with van der Waals surface area (Å²) in [6.45, 7) is 3.04. The van der Waals surface area contributed by atoms with Crippen LogP contribution in [0.2, 0.25) is 0 Å². The van der Waals surface area contributed by atoms with Gasteiger partial charge in [0.2, 0.25) is 5.91 Å². The lowest BCUT2D eigenvalue weighted by atomic mass is 10.1. The number of nitrogens with zero attached hydrogens (tertiary/aromatic N) is 1. The van der Waals surface area contributed by atoms with Gasteiger partial charge in [-0.15, -0.1) is 6.58 Å². The van der Waals surface area contributed by atoms with E-state index in [1.807, 2.05) is 0 Å². The van der Waals surface area contributed by atoms with Crippen LogP contribution in [0.5, 0.6) is 0 Å². The minimum absolute atomic E-state index is 0.0782. The Morgan fingerprint density at radius 3 is 2.53 bits per heavy atom. The van der Waals surface area contributed by atoms with Crippen molar-refractivity contribution < 1.29 is 23.5 Å². The molecule has 0 unspecified atom stereocenters. The second-order valence-electron chi connectivity index (χ2n) is 3.88. The molecule has 0 saturated heterocycles. The van der Waals surface area contributed by atoms with Gasteiger partial charge in [0.05, 0.1) is 6.42 Å². The molecule has 0 atom stereocenters. The van der Waals surface area contributed by atoms with Crippen molar-refractivity contribution in [3.63, 3.8) is 0 Å². The Hall–Kier alpha value is -2.24. The Bertz CT molecular complexity index is 503. The van der Waals surface area contributed by atoms with Crippen LogP contribution in [0.4, 0.5) is 8.78 Å². The van der Waals surface area contributed by atoms with E-state index >= 15 is 0 Å². The Kier molecular flexibility index (Phi) is 5.17. The molecule has 0 radical (unpaired) electrons. The van der Waals surface area contributed by atoms with Gasteiger partial charge in [-0.3, -0.25) is 9.59 Å². The van der Waals surface area contributed by atoms with E-state index in [1.54, 1.807) is 0 Å². The van der Waals surface area contributed by atoms with Crippen LogP contribution in [0.15, 0.2) is 30.9 Å². The van der Waals surface area contributed by atoms with Gasteiger partial charge in [0, 0.05) is 6.54 Å². The van der Waals surface area contributed by atoms with E-state index in [9.17, 15) is 18.4 Å². The van der Waals surface area contributed by atoms with Gasteiger partial charge in [-0.25, -0.2) is 8.78 Å². The topological polar surface area (TPSA) is 57.6 Å². The van der Waals surface area contributed by atoms with E-state index in [1.165, 1.54) is 12.1 Å². The molecule has 0 aromatic heterocycles. The van der Waals surface area contributed by atoms with Crippen molar-refractivity contribution in [1.29, 1.82) is 0 Å². The van der Waals surface area contributed by atoms with Crippen LogP contribution < -0.4 is 0 Å². The molecule has 1 aromatic rings. The van der Waals surface area contributed by atoms with E-state index in [2.05, 4.69) is 6.58 Å². The molecule has 0 aliphatic heterocycles. The molecular weight excluding hydrogens is 256 g/mol. The van der Waals surface area contributed by atoms with E-state index in [0.717, 1.165) is 17.0 Å². The first kappa shape index (κ1) is 14.8. The molecule has 1 amide bonds. The molecule has 4 nitrogen and oxygen atoms in total. The fraction of sp³-hybridized carbons (Fsp3) is 0.231. The van der Waals surface area contributed by atoms with Gasteiger partial charge in [0.15, 0.2) is 11.6 Å². The Morgan fingerprint density at radius 1 is 1.32 bits per heavy atom. The number of carbonyl (C=O) groups is 2. The number of benzene rings is 1. The molecule has 0 spiro atoms. The zero-order valence-corrected chi connectivity index (χ0v) is 10.1. The molecule has 6 heteroatoms. The summed E-state index contributed by atoms with van der Waals surface area (Å²) < 4.78 is 25.7. The van der Waals surface area contributed by atoms with E-state index in [4.69, 9.17) is 5.11 Å². The third-order valence-electron chi connectivity index (χ3n) is 2.37. The van der Waals surface area contributed by atoms with Crippen LogP contribution >= 0.6 is 0 Å². The summed E-state index contributed by atoms with van der Waals surface area (Å²) in [5.41, 5.74) is 0.281. The summed E-state index contributed by atoms with van der Waals surface area (Å²) in [6, 6.07) is 3.12. The molecule has 0 bridgehead atoms. The van der Waals surface area contributed by atoms with Gasteiger partial charge in [-0.1, -0.05) is 12.1 Å². The highest BCUT2D eigenvalue weighted by molar-refractivity contribution is 5.83. The van der Waals surface area contributed by atoms with Gasteiger partial charge in [0.1, 0.15) is 6.54 Å². The predicted octanol–water partition coefficient (Wildman–Crippen LogP) is 1.61. The highest BCUT2D eigenvalue weighted by atomic mass is 19.2. The summed E-state index contributed by atoms with van der Waals surface area (Å²) in [4.78, 5) is 23.5. The largest absolute Gasteiger partial charge is 0.480 e. The maximum absolute atomic E-state index is 13.0. The molecule has 19 heavy (non-hydrogen) atoms. The van der Waals surface area contributed by atoms with Crippen LogP contribution in [0.25, 0.3) is 0 Å². The van der Waals surface area contributed by atoms with Gasteiger partial charge in [-0.05, 0) is 17.7 Å². The van der Waals surface area contributed by atoms with Gasteiger partial charge < -0.3 is 10.0 Å². The second-order valence-corrected chi connectivity index (χ2v) is 3.88. The molecular formula is C13H13F2NO3. The van der Waals surface area contributed by atoms with Crippen LogP contribution in [0.3, 0.4) is 0 Å². The molecule has 0 fully saturated rings. The number of rotatable bonds is 6. The minimum atomic E-state index is -1.15. The lowest BCUT2D eigenvalue weighted by molar-refractivity contribution is -0.143. The molecule has 1 N–H and O–H groups in total. The van der Waals surface area contributed by atoms with Crippen molar-refractivity contribution >= 4 is 11.9 Å². The van der Waals surface area contributed by atoms with E-state index in [-0.39, 0.29) is 18.5 Å². The van der Waals surface area contributed by atoms with Gasteiger partial charge in [-0.2, -0.15) is 0 Å². The van der Waals surface area contributed by atoms with Crippen molar-refractivity contribution in [3.8, 4) is 0 Å². The summed E-state index contributed by atoms with van der Waals surface area (Å²) in [5.74, 6) is -3.68. The number of carboxylic acids is 1. The molecule has 1 rings (SSSR count). The summed E-state index contributed by atoms with van der Waals surface area (Å²) in [5, 5.41) is 8.67. The number of hydrogen-bond donors (Lipinski definition) is 1. The molecule has 1 aromatic carbocycles. The number of halogens is 2. The molecule has 0 aliphatic carbocycles. The summed E-state index contributed by atoms with van der Waals surface area (Å²) >= 11 is 0. The number of carbonyl (C=O) groups excluding carboxylic acids is 1. The van der Waals surface area contributed by atoms with E-state index in [0.29, 0.717) is 0 Å². The minimum Gasteiger partial charge on any atom is -0.480 e. The van der Waals surface area contributed by atoms with Crippen molar-refractivity contribution in [1.82, 2.24) is 4.90 Å². The second kappa shape index (κ2) is 6.63.